The number of alkyl carbamates (subject to hydrolysis) is 1. The SMILES string of the molecule is CCCN(Cc1nc2c([nH]1)-c1ccc(-c3ccc4cc(-c5cnc(CN(CCC)C(=O)[C@H](NC(=O)OC)c6ccccc6)[nH]5)ccc4c3)cc1CC2)C(=O)CNC(=O)C1CC1. The quantitative estimate of drug-likeness (QED) is 0.0786. The van der Waals surface area contributed by atoms with Gasteiger partial charge in [0.2, 0.25) is 17.7 Å². The third-order valence-electron chi connectivity index (χ3n) is 11.5. The molecule has 0 aliphatic heterocycles. The lowest BCUT2D eigenvalue weighted by Crippen LogP contribution is -2.43. The maximum Gasteiger partial charge on any atom is 0.407 e. The first-order valence-electron chi connectivity index (χ1n) is 21.2. The van der Waals surface area contributed by atoms with E-state index in [2.05, 4.69) is 80.2 Å². The topological polar surface area (TPSA) is 165 Å². The molecular weight excluding hydrogens is 769 g/mol. The normalized spacial score (nSPS) is 13.5. The van der Waals surface area contributed by atoms with E-state index in [1.165, 1.54) is 12.7 Å². The molecule has 1 fully saturated rings. The first-order valence-corrected chi connectivity index (χ1v) is 21.2. The van der Waals surface area contributed by atoms with Crippen molar-refractivity contribution in [1.29, 1.82) is 0 Å². The number of carbonyl (C=O) groups is 4. The van der Waals surface area contributed by atoms with Crippen molar-refractivity contribution in [2.45, 2.75) is 71.5 Å². The van der Waals surface area contributed by atoms with Gasteiger partial charge in [0, 0.05) is 30.1 Å². The Morgan fingerprint density at radius 2 is 1.49 bits per heavy atom. The van der Waals surface area contributed by atoms with Crippen molar-refractivity contribution in [1.82, 2.24) is 40.4 Å². The molecule has 0 unspecified atom stereocenters. The van der Waals surface area contributed by atoms with Crippen LogP contribution in [-0.4, -0.2) is 80.3 Å². The lowest BCUT2D eigenvalue weighted by molar-refractivity contribution is -0.134. The standard InChI is InChI=1S/C48H52N8O5/c1-4-21-55(43(57)27-50-46(58)31-11-12-31)29-42-51-39-20-18-36-24-35(17-19-38(36)45(39)53-42)32-13-14-34-25-37(16-15-33(34)23-32)40-26-49-41(52-40)28-56(22-5-2)47(59)44(54-48(60)61-3)30-9-7-6-8-10-30/h6-10,13-17,19,23-26,31,44H,4-5,11-12,18,20-22,27-29H2,1-3H3,(H,49,52)(H,50,58)(H,51,53)(H,54,60)/t44-/m1/s1. The van der Waals surface area contributed by atoms with Crippen LogP contribution in [0.1, 0.15) is 74.0 Å². The van der Waals surface area contributed by atoms with Gasteiger partial charge in [-0.15, -0.1) is 0 Å². The Kier molecular flexibility index (Phi) is 12.3. The Morgan fingerprint density at radius 3 is 2.23 bits per heavy atom. The van der Waals surface area contributed by atoms with Crippen LogP contribution in [0.2, 0.25) is 0 Å². The number of amides is 4. The number of hydrogen-bond donors (Lipinski definition) is 4. The molecule has 1 atom stereocenters. The van der Waals surface area contributed by atoms with E-state index in [9.17, 15) is 19.2 Å². The van der Waals surface area contributed by atoms with Gasteiger partial charge in [-0.1, -0.05) is 86.6 Å². The van der Waals surface area contributed by atoms with E-state index >= 15 is 0 Å². The van der Waals surface area contributed by atoms with E-state index in [0.717, 1.165) is 94.5 Å². The number of benzene rings is 4. The van der Waals surface area contributed by atoms with Gasteiger partial charge >= 0.3 is 6.09 Å². The Hall–Kier alpha value is -6.76. The molecule has 6 aromatic rings. The zero-order valence-corrected chi connectivity index (χ0v) is 34.9. The van der Waals surface area contributed by atoms with Crippen molar-refractivity contribution in [3.05, 3.63) is 120 Å². The van der Waals surface area contributed by atoms with E-state index in [4.69, 9.17) is 9.72 Å². The summed E-state index contributed by atoms with van der Waals surface area (Å²) in [6, 6.07) is 27.7. The molecule has 0 spiro atoms. The first kappa shape index (κ1) is 41.0. The lowest BCUT2D eigenvalue weighted by Gasteiger charge is -2.27. The van der Waals surface area contributed by atoms with Crippen LogP contribution in [0, 0.1) is 5.92 Å². The predicted molar refractivity (Wildman–Crippen MR) is 234 cm³/mol. The molecule has 13 nitrogen and oxygen atoms in total. The number of imidazole rings is 2. The smallest absolute Gasteiger partial charge is 0.407 e. The number of nitrogens with one attached hydrogen (secondary N) is 4. The lowest BCUT2D eigenvalue weighted by atomic mass is 9.89. The minimum atomic E-state index is -0.898. The van der Waals surface area contributed by atoms with Gasteiger partial charge in [-0.05, 0) is 83.7 Å². The highest BCUT2D eigenvalue weighted by Gasteiger charge is 2.31. The van der Waals surface area contributed by atoms with Crippen LogP contribution in [0.15, 0.2) is 91.1 Å². The van der Waals surface area contributed by atoms with Crippen LogP contribution in [0.4, 0.5) is 4.79 Å². The van der Waals surface area contributed by atoms with E-state index < -0.39 is 12.1 Å². The van der Waals surface area contributed by atoms with Gasteiger partial charge < -0.3 is 35.1 Å². The van der Waals surface area contributed by atoms with Crippen LogP contribution >= 0.6 is 0 Å². The number of nitrogens with zero attached hydrogens (tertiary/aromatic N) is 4. The van der Waals surface area contributed by atoms with Gasteiger partial charge in [0.25, 0.3) is 0 Å². The number of methoxy groups -OCH3 is 1. The van der Waals surface area contributed by atoms with Crippen LogP contribution < -0.4 is 10.6 Å². The number of rotatable bonds is 16. The summed E-state index contributed by atoms with van der Waals surface area (Å²) in [4.78, 5) is 71.3. The minimum absolute atomic E-state index is 0.0161. The Morgan fingerprint density at radius 1 is 0.803 bits per heavy atom. The Balaban J connectivity index is 0.946. The molecule has 61 heavy (non-hydrogen) atoms. The molecule has 2 aliphatic rings. The fourth-order valence-corrected chi connectivity index (χ4v) is 8.12. The Labute approximate surface area is 355 Å². The summed E-state index contributed by atoms with van der Waals surface area (Å²) in [7, 11) is 1.28. The van der Waals surface area contributed by atoms with Crippen molar-refractivity contribution in [3.63, 3.8) is 0 Å². The van der Waals surface area contributed by atoms with Gasteiger partial charge in [0.15, 0.2) is 0 Å². The number of carbonyl (C=O) groups excluding carboxylic acids is 4. The highest BCUT2D eigenvalue weighted by Crippen LogP contribution is 2.36. The minimum Gasteiger partial charge on any atom is -0.453 e. The van der Waals surface area contributed by atoms with Gasteiger partial charge in [0.05, 0.1) is 50.0 Å². The van der Waals surface area contributed by atoms with Crippen molar-refractivity contribution >= 4 is 34.6 Å². The number of fused-ring (bicyclic) bond motifs is 4. The van der Waals surface area contributed by atoms with Crippen LogP contribution in [0.3, 0.4) is 0 Å². The maximum absolute atomic E-state index is 13.9. The second kappa shape index (κ2) is 18.2. The monoisotopic (exact) mass is 820 g/mol. The summed E-state index contributed by atoms with van der Waals surface area (Å²) in [5.74, 6) is 1.10. The van der Waals surface area contributed by atoms with Gasteiger partial charge in [-0.3, -0.25) is 14.4 Å². The second-order valence-electron chi connectivity index (χ2n) is 15.9. The van der Waals surface area contributed by atoms with Crippen molar-refractivity contribution in [2.75, 3.05) is 26.7 Å². The molecule has 8 rings (SSSR count). The largest absolute Gasteiger partial charge is 0.453 e. The summed E-state index contributed by atoms with van der Waals surface area (Å²) in [5.41, 5.74) is 9.17. The van der Waals surface area contributed by atoms with E-state index in [1.54, 1.807) is 16.0 Å². The molecule has 0 bridgehead atoms. The summed E-state index contributed by atoms with van der Waals surface area (Å²) in [6.45, 7) is 5.77. The molecule has 2 aliphatic carbocycles. The first-order chi connectivity index (χ1) is 29.7. The van der Waals surface area contributed by atoms with Crippen LogP contribution in [-0.2, 0) is 45.1 Å². The Bertz CT molecular complexity index is 2560. The second-order valence-corrected chi connectivity index (χ2v) is 15.9. The average molecular weight is 821 g/mol. The van der Waals surface area contributed by atoms with Gasteiger partial charge in [-0.25, -0.2) is 14.8 Å². The number of ether oxygens (including phenoxy) is 1. The summed E-state index contributed by atoms with van der Waals surface area (Å²) >= 11 is 0. The fraction of sp³-hybridized carbons (Fsp3) is 0.333. The molecule has 4 amide bonds. The molecule has 2 heterocycles. The molecule has 4 aromatic carbocycles. The molecule has 4 N–H and O–H groups in total. The highest BCUT2D eigenvalue weighted by molar-refractivity contribution is 5.91. The molecule has 1 saturated carbocycles. The summed E-state index contributed by atoms with van der Waals surface area (Å²) < 4.78 is 4.83. The number of aromatic nitrogens is 4. The zero-order valence-electron chi connectivity index (χ0n) is 34.9. The number of hydrogen-bond acceptors (Lipinski definition) is 7. The molecule has 314 valence electrons. The zero-order chi connectivity index (χ0) is 42.5. The van der Waals surface area contributed by atoms with Gasteiger partial charge in [-0.2, -0.15) is 0 Å². The number of aryl methyl sites for hydroxylation is 2. The van der Waals surface area contributed by atoms with Crippen molar-refractivity contribution < 1.29 is 23.9 Å². The molecule has 0 saturated heterocycles. The number of aromatic amines is 2. The third kappa shape index (κ3) is 9.35. The average Bonchev–Trinajstić information content (AvgIpc) is 3.90. The summed E-state index contributed by atoms with van der Waals surface area (Å²) in [6.07, 6.45) is 6.16. The molecular formula is C48H52N8O5. The number of H-pyrrole nitrogens is 2. The fourth-order valence-electron chi connectivity index (χ4n) is 8.12. The highest BCUT2D eigenvalue weighted by atomic mass is 16.5. The van der Waals surface area contributed by atoms with Crippen LogP contribution in [0.5, 0.6) is 0 Å². The van der Waals surface area contributed by atoms with Crippen molar-refractivity contribution in [3.8, 4) is 33.6 Å². The maximum atomic E-state index is 13.9. The molecule has 13 heteroatoms. The van der Waals surface area contributed by atoms with Crippen molar-refractivity contribution in [2.24, 2.45) is 5.92 Å². The van der Waals surface area contributed by atoms with E-state index in [0.29, 0.717) is 31.0 Å². The molecule has 0 radical (unpaired) electrons. The third-order valence-corrected chi connectivity index (χ3v) is 11.5. The van der Waals surface area contributed by atoms with E-state index in [1.807, 2.05) is 44.2 Å². The van der Waals surface area contributed by atoms with Crippen LogP contribution in [0.25, 0.3) is 44.4 Å². The van der Waals surface area contributed by atoms with Gasteiger partial charge in [0.1, 0.15) is 17.7 Å². The molecule has 2 aromatic heterocycles. The summed E-state index contributed by atoms with van der Waals surface area (Å²) in [5, 5.41) is 7.71. The predicted octanol–water partition coefficient (Wildman–Crippen LogP) is 7.49. The van der Waals surface area contributed by atoms with E-state index in [-0.39, 0.29) is 36.7 Å².